The molecule has 2 atom stereocenters. The highest BCUT2D eigenvalue weighted by Gasteiger charge is 2.31. The van der Waals surface area contributed by atoms with Crippen LogP contribution >= 0.6 is 23.7 Å². The Labute approximate surface area is 129 Å². The topological polar surface area (TPSA) is 55.0 Å². The number of rotatable bonds is 3. The summed E-state index contributed by atoms with van der Waals surface area (Å²) in [4.78, 5) is 12.1. The maximum Gasteiger partial charge on any atom is 0.180 e. The van der Waals surface area contributed by atoms with Crippen LogP contribution in [0.3, 0.4) is 0 Å². The number of aromatic nitrogens is 2. The first kappa shape index (κ1) is 15.2. The fourth-order valence-electron chi connectivity index (χ4n) is 2.82. The van der Waals surface area contributed by atoms with E-state index in [1.807, 2.05) is 24.7 Å². The van der Waals surface area contributed by atoms with Crippen LogP contribution in [0.15, 0.2) is 30.7 Å². The molecule has 0 amide bonds. The van der Waals surface area contributed by atoms with Crippen LogP contribution in [-0.2, 0) is 6.54 Å². The fourth-order valence-corrected chi connectivity index (χ4v) is 3.53. The molecule has 20 heavy (non-hydrogen) atoms. The van der Waals surface area contributed by atoms with Gasteiger partial charge in [-0.05, 0) is 24.0 Å². The highest BCUT2D eigenvalue weighted by atomic mass is 35.5. The number of likely N-dealkylation sites (tertiary alicyclic amines) is 1. The Morgan fingerprint density at radius 3 is 2.95 bits per heavy atom. The molecule has 1 aliphatic rings. The van der Waals surface area contributed by atoms with Gasteiger partial charge in [0, 0.05) is 42.6 Å². The Balaban J connectivity index is 0.00000147. The largest absolute Gasteiger partial charge is 0.375 e. The maximum absolute atomic E-state index is 5.70. The Hall–Kier alpha value is -1.17. The zero-order valence-corrected chi connectivity index (χ0v) is 13.0. The van der Waals surface area contributed by atoms with Gasteiger partial charge in [-0.3, -0.25) is 9.88 Å². The molecular weight excluding hydrogens is 292 g/mol. The molecule has 2 N–H and O–H groups in total. The molecule has 3 heterocycles. The summed E-state index contributed by atoms with van der Waals surface area (Å²) in [7, 11) is 0. The van der Waals surface area contributed by atoms with Gasteiger partial charge in [0.1, 0.15) is 0 Å². The number of hydrogen-bond donors (Lipinski definition) is 1. The monoisotopic (exact) mass is 310 g/mol. The van der Waals surface area contributed by atoms with Crippen LogP contribution in [-0.4, -0.2) is 21.4 Å². The molecule has 0 bridgehead atoms. The van der Waals surface area contributed by atoms with Crippen LogP contribution in [0, 0.1) is 5.92 Å². The molecule has 2 unspecified atom stereocenters. The molecule has 6 heteroatoms. The second-order valence-electron chi connectivity index (χ2n) is 5.24. The molecule has 0 aliphatic carbocycles. The van der Waals surface area contributed by atoms with Gasteiger partial charge >= 0.3 is 0 Å². The first-order chi connectivity index (χ1) is 9.22. The Morgan fingerprint density at radius 1 is 1.45 bits per heavy atom. The number of thiazole rings is 1. The second-order valence-corrected chi connectivity index (χ2v) is 6.38. The van der Waals surface area contributed by atoms with Crippen LogP contribution in [0.2, 0.25) is 0 Å². The van der Waals surface area contributed by atoms with E-state index < -0.39 is 0 Å². The lowest BCUT2D eigenvalue weighted by Gasteiger charge is -2.23. The molecule has 3 rings (SSSR count). The van der Waals surface area contributed by atoms with Crippen molar-refractivity contribution >= 4 is 28.9 Å². The number of pyridine rings is 1. The van der Waals surface area contributed by atoms with Crippen LogP contribution in [0.4, 0.5) is 5.13 Å². The molecule has 2 aromatic rings. The van der Waals surface area contributed by atoms with Crippen molar-refractivity contribution in [1.82, 2.24) is 14.9 Å². The van der Waals surface area contributed by atoms with Crippen molar-refractivity contribution in [3.63, 3.8) is 0 Å². The number of nitrogen functional groups attached to an aromatic ring is 1. The van der Waals surface area contributed by atoms with Gasteiger partial charge in [0.25, 0.3) is 0 Å². The van der Waals surface area contributed by atoms with E-state index >= 15 is 0 Å². The Morgan fingerprint density at radius 2 is 2.30 bits per heavy atom. The van der Waals surface area contributed by atoms with Gasteiger partial charge in [-0.25, -0.2) is 4.98 Å². The number of halogens is 1. The average molecular weight is 311 g/mol. The molecule has 108 valence electrons. The van der Waals surface area contributed by atoms with E-state index in [-0.39, 0.29) is 12.4 Å². The molecule has 0 saturated carbocycles. The summed E-state index contributed by atoms with van der Waals surface area (Å²) in [6, 6.07) is 4.65. The van der Waals surface area contributed by atoms with Gasteiger partial charge in [-0.15, -0.1) is 23.7 Å². The molecule has 0 spiro atoms. The van der Waals surface area contributed by atoms with Crippen molar-refractivity contribution in [1.29, 1.82) is 0 Å². The van der Waals surface area contributed by atoms with Crippen molar-refractivity contribution in [3.05, 3.63) is 41.2 Å². The molecule has 2 aromatic heterocycles. The van der Waals surface area contributed by atoms with Crippen molar-refractivity contribution in [2.75, 3.05) is 12.3 Å². The third kappa shape index (κ3) is 3.29. The normalized spacial score (nSPS) is 22.6. The molecule has 1 fully saturated rings. The van der Waals surface area contributed by atoms with E-state index in [1.165, 1.54) is 16.9 Å². The quantitative estimate of drug-likeness (QED) is 0.946. The number of anilines is 1. The summed E-state index contributed by atoms with van der Waals surface area (Å²) < 4.78 is 0. The van der Waals surface area contributed by atoms with Gasteiger partial charge < -0.3 is 5.73 Å². The molecular formula is C14H19ClN4S. The highest BCUT2D eigenvalue weighted by molar-refractivity contribution is 7.15. The van der Waals surface area contributed by atoms with Crippen LogP contribution in [0.1, 0.15) is 29.8 Å². The smallest absolute Gasteiger partial charge is 0.180 e. The minimum atomic E-state index is 0. The standard InChI is InChI=1S/C14H18N4S.ClH/c1-10-5-13(11-3-2-4-16-6-11)18(8-10)9-12-7-17-14(15)19-12;/h2-4,6-7,10,13H,5,8-9H2,1H3,(H2,15,17);1H. The van der Waals surface area contributed by atoms with Crippen LogP contribution < -0.4 is 5.73 Å². The van der Waals surface area contributed by atoms with Crippen LogP contribution in [0.5, 0.6) is 0 Å². The lowest BCUT2D eigenvalue weighted by atomic mass is 10.0. The lowest BCUT2D eigenvalue weighted by molar-refractivity contribution is 0.247. The Kier molecular flexibility index (Phi) is 4.96. The maximum atomic E-state index is 5.70. The van der Waals surface area contributed by atoms with Crippen molar-refractivity contribution in [3.8, 4) is 0 Å². The van der Waals surface area contributed by atoms with E-state index in [4.69, 9.17) is 5.73 Å². The number of hydrogen-bond acceptors (Lipinski definition) is 5. The van der Waals surface area contributed by atoms with Crippen LogP contribution in [0.25, 0.3) is 0 Å². The number of nitrogens with two attached hydrogens (primary N) is 1. The minimum absolute atomic E-state index is 0. The third-order valence-corrected chi connectivity index (χ3v) is 4.42. The second kappa shape index (κ2) is 6.52. The summed E-state index contributed by atoms with van der Waals surface area (Å²) in [5.41, 5.74) is 7.01. The van der Waals surface area contributed by atoms with Crippen molar-refractivity contribution < 1.29 is 0 Å². The summed E-state index contributed by atoms with van der Waals surface area (Å²) in [6.07, 6.45) is 6.90. The molecule has 4 nitrogen and oxygen atoms in total. The molecule has 1 saturated heterocycles. The first-order valence-electron chi connectivity index (χ1n) is 6.56. The molecule has 0 aromatic carbocycles. The summed E-state index contributed by atoms with van der Waals surface area (Å²) in [6.45, 7) is 4.36. The zero-order valence-electron chi connectivity index (χ0n) is 11.4. The average Bonchev–Trinajstić information content (AvgIpc) is 2.97. The predicted molar refractivity (Wildman–Crippen MR) is 84.9 cm³/mol. The van der Waals surface area contributed by atoms with Crippen molar-refractivity contribution in [2.24, 2.45) is 5.92 Å². The highest BCUT2D eigenvalue weighted by Crippen LogP contribution is 2.36. The van der Waals surface area contributed by atoms with E-state index in [9.17, 15) is 0 Å². The van der Waals surface area contributed by atoms with Gasteiger partial charge in [0.05, 0.1) is 0 Å². The summed E-state index contributed by atoms with van der Waals surface area (Å²) >= 11 is 1.58. The van der Waals surface area contributed by atoms with Gasteiger partial charge in [0.15, 0.2) is 5.13 Å². The summed E-state index contributed by atoms with van der Waals surface area (Å²) in [5.74, 6) is 0.718. The Bertz CT molecular complexity index is 545. The lowest BCUT2D eigenvalue weighted by Crippen LogP contribution is -2.22. The van der Waals surface area contributed by atoms with Gasteiger partial charge in [-0.1, -0.05) is 13.0 Å². The third-order valence-electron chi connectivity index (χ3n) is 3.61. The van der Waals surface area contributed by atoms with E-state index in [0.29, 0.717) is 11.2 Å². The van der Waals surface area contributed by atoms with Crippen molar-refractivity contribution in [2.45, 2.75) is 25.9 Å². The molecule has 0 radical (unpaired) electrons. The van der Waals surface area contributed by atoms with Gasteiger partial charge in [0.2, 0.25) is 0 Å². The van der Waals surface area contributed by atoms with Gasteiger partial charge in [-0.2, -0.15) is 0 Å². The summed E-state index contributed by atoms with van der Waals surface area (Å²) in [5, 5.41) is 0.653. The SMILES string of the molecule is CC1CC(c2cccnc2)N(Cc2cnc(N)s2)C1.Cl. The van der Waals surface area contributed by atoms with E-state index in [2.05, 4.69) is 27.9 Å². The first-order valence-corrected chi connectivity index (χ1v) is 7.38. The minimum Gasteiger partial charge on any atom is -0.375 e. The van der Waals surface area contributed by atoms with E-state index in [0.717, 1.165) is 19.0 Å². The predicted octanol–water partition coefficient (Wildman–Crippen LogP) is 3.13. The zero-order chi connectivity index (χ0) is 13.2. The fraction of sp³-hybridized carbons (Fsp3) is 0.429. The number of nitrogens with zero attached hydrogens (tertiary/aromatic N) is 3. The van der Waals surface area contributed by atoms with E-state index in [1.54, 1.807) is 11.3 Å². The molecule has 1 aliphatic heterocycles.